The van der Waals surface area contributed by atoms with Gasteiger partial charge in [-0.1, -0.05) is 42.5 Å². The van der Waals surface area contributed by atoms with Gasteiger partial charge in [-0.05, 0) is 44.0 Å². The van der Waals surface area contributed by atoms with E-state index in [1.54, 1.807) is 0 Å². The van der Waals surface area contributed by atoms with Crippen LogP contribution in [0.2, 0.25) is 0 Å². The van der Waals surface area contributed by atoms with Gasteiger partial charge in [-0.3, -0.25) is 0 Å². The molecule has 0 aliphatic rings. The van der Waals surface area contributed by atoms with Crippen molar-refractivity contribution in [2.75, 3.05) is 6.54 Å². The maximum atomic E-state index is 8.62. The van der Waals surface area contributed by atoms with Crippen molar-refractivity contribution < 1.29 is 0 Å². The van der Waals surface area contributed by atoms with Crippen molar-refractivity contribution in [2.45, 2.75) is 32.7 Å². The Labute approximate surface area is 155 Å². The number of hydrogen-bond acceptors (Lipinski definition) is 3. The molecule has 0 fully saturated rings. The van der Waals surface area contributed by atoms with E-state index in [1.165, 1.54) is 16.7 Å². The van der Waals surface area contributed by atoms with Crippen LogP contribution in [0.5, 0.6) is 0 Å². The molecule has 26 heavy (non-hydrogen) atoms. The van der Waals surface area contributed by atoms with Crippen LogP contribution in [0, 0.1) is 18.3 Å². The largest absolute Gasteiger partial charge is 0.313 e. The van der Waals surface area contributed by atoms with Crippen molar-refractivity contribution >= 4 is 0 Å². The van der Waals surface area contributed by atoms with Crippen LogP contribution in [-0.2, 0) is 6.54 Å². The second kappa shape index (κ2) is 8.98. The quantitative estimate of drug-likeness (QED) is 0.606. The molecule has 132 valence electrons. The molecule has 0 amide bonds. The number of nitrogens with one attached hydrogen (secondary N) is 1. The van der Waals surface area contributed by atoms with Crippen LogP contribution in [0.15, 0.2) is 60.8 Å². The van der Waals surface area contributed by atoms with Gasteiger partial charge in [-0.25, -0.2) is 4.68 Å². The van der Waals surface area contributed by atoms with E-state index in [2.05, 4.69) is 60.9 Å². The first-order chi connectivity index (χ1) is 12.8. The smallest absolute Gasteiger partial charge is 0.0975 e. The molecule has 1 N–H and O–H groups in total. The van der Waals surface area contributed by atoms with Gasteiger partial charge in [0.15, 0.2) is 0 Å². The summed E-state index contributed by atoms with van der Waals surface area (Å²) in [6.45, 7) is 3.80. The van der Waals surface area contributed by atoms with Gasteiger partial charge in [0.25, 0.3) is 0 Å². The Morgan fingerprint density at radius 2 is 1.81 bits per heavy atom. The average molecular weight is 344 g/mol. The normalized spacial score (nSPS) is 10.6. The Bertz CT molecular complexity index is 875. The fraction of sp³-hybridized carbons (Fsp3) is 0.273. The number of rotatable bonds is 8. The van der Waals surface area contributed by atoms with Gasteiger partial charge in [0.1, 0.15) is 0 Å². The molecule has 0 bridgehead atoms. The lowest BCUT2D eigenvalue weighted by Gasteiger charge is -2.07. The number of unbranched alkanes of at least 4 members (excludes halogenated alkanes) is 2. The van der Waals surface area contributed by atoms with Crippen molar-refractivity contribution in [3.63, 3.8) is 0 Å². The first kappa shape index (κ1) is 17.9. The molecule has 3 aromatic rings. The van der Waals surface area contributed by atoms with Gasteiger partial charge in [-0.2, -0.15) is 10.4 Å². The first-order valence-electron chi connectivity index (χ1n) is 9.07. The van der Waals surface area contributed by atoms with Crippen LogP contribution in [0.1, 0.15) is 30.4 Å². The summed E-state index contributed by atoms with van der Waals surface area (Å²) in [6, 6.07) is 20.7. The standard InChI is InChI=1S/C22H24N4/c1-18-10-6-7-13-21(18)22-19(16-24-15-9-3-8-14-23)17-26(25-22)20-11-4-2-5-12-20/h2,4-7,10-13,17,24H,3,8-9,15-16H2,1H3. The molecule has 3 rings (SSSR count). The summed E-state index contributed by atoms with van der Waals surface area (Å²) >= 11 is 0. The van der Waals surface area contributed by atoms with E-state index in [0.29, 0.717) is 6.42 Å². The molecule has 0 unspecified atom stereocenters. The van der Waals surface area contributed by atoms with Crippen molar-refractivity contribution in [2.24, 2.45) is 0 Å². The zero-order valence-electron chi connectivity index (χ0n) is 15.2. The number of benzene rings is 2. The van der Waals surface area contributed by atoms with Crippen molar-refractivity contribution in [3.05, 3.63) is 71.9 Å². The van der Waals surface area contributed by atoms with E-state index in [-0.39, 0.29) is 0 Å². The molecule has 0 spiro atoms. The zero-order valence-corrected chi connectivity index (χ0v) is 15.2. The molecule has 0 aliphatic heterocycles. The third-order valence-corrected chi connectivity index (χ3v) is 4.42. The summed E-state index contributed by atoms with van der Waals surface area (Å²) in [6.07, 6.45) is 4.69. The Kier molecular flexibility index (Phi) is 6.19. The fourth-order valence-electron chi connectivity index (χ4n) is 2.99. The lowest BCUT2D eigenvalue weighted by molar-refractivity contribution is 0.629. The van der Waals surface area contributed by atoms with Gasteiger partial charge in [-0.15, -0.1) is 0 Å². The lowest BCUT2D eigenvalue weighted by Crippen LogP contribution is -2.14. The minimum absolute atomic E-state index is 0.627. The number of para-hydroxylation sites is 1. The molecule has 2 aromatic carbocycles. The highest BCUT2D eigenvalue weighted by atomic mass is 15.3. The molecule has 0 radical (unpaired) electrons. The summed E-state index contributed by atoms with van der Waals surface area (Å²) in [7, 11) is 0. The van der Waals surface area contributed by atoms with Crippen LogP contribution in [0.4, 0.5) is 0 Å². The molecule has 0 aliphatic carbocycles. The molecule has 4 nitrogen and oxygen atoms in total. The third kappa shape index (κ3) is 4.38. The van der Waals surface area contributed by atoms with E-state index in [1.807, 2.05) is 22.9 Å². The third-order valence-electron chi connectivity index (χ3n) is 4.42. The number of hydrogen-bond donors (Lipinski definition) is 1. The Hall–Kier alpha value is -2.90. The highest BCUT2D eigenvalue weighted by molar-refractivity contribution is 5.66. The number of aryl methyl sites for hydroxylation is 1. The van der Waals surface area contributed by atoms with E-state index < -0.39 is 0 Å². The number of nitriles is 1. The monoisotopic (exact) mass is 344 g/mol. The second-order valence-corrected chi connectivity index (χ2v) is 6.39. The Morgan fingerprint density at radius 3 is 2.58 bits per heavy atom. The highest BCUT2D eigenvalue weighted by Crippen LogP contribution is 2.26. The topological polar surface area (TPSA) is 53.6 Å². The summed E-state index contributed by atoms with van der Waals surface area (Å²) in [5, 5.41) is 17.0. The lowest BCUT2D eigenvalue weighted by atomic mass is 10.0. The minimum atomic E-state index is 0.627. The summed E-state index contributed by atoms with van der Waals surface area (Å²) < 4.78 is 1.95. The fourth-order valence-corrected chi connectivity index (χ4v) is 2.99. The van der Waals surface area contributed by atoms with Crippen molar-refractivity contribution in [3.8, 4) is 23.0 Å². The maximum Gasteiger partial charge on any atom is 0.0975 e. The molecule has 1 aromatic heterocycles. The molecular formula is C22H24N4. The van der Waals surface area contributed by atoms with Gasteiger partial charge < -0.3 is 5.32 Å². The van der Waals surface area contributed by atoms with E-state index in [4.69, 9.17) is 10.4 Å². The maximum absolute atomic E-state index is 8.62. The zero-order chi connectivity index (χ0) is 18.2. The minimum Gasteiger partial charge on any atom is -0.313 e. The van der Waals surface area contributed by atoms with Crippen LogP contribution in [0.25, 0.3) is 16.9 Å². The molecule has 0 saturated carbocycles. The van der Waals surface area contributed by atoms with Crippen molar-refractivity contribution in [1.29, 1.82) is 5.26 Å². The van der Waals surface area contributed by atoms with Crippen molar-refractivity contribution in [1.82, 2.24) is 15.1 Å². The van der Waals surface area contributed by atoms with Gasteiger partial charge in [0.2, 0.25) is 0 Å². The van der Waals surface area contributed by atoms with Crippen LogP contribution < -0.4 is 5.32 Å². The highest BCUT2D eigenvalue weighted by Gasteiger charge is 2.13. The van der Waals surface area contributed by atoms with Gasteiger partial charge in [0, 0.05) is 30.3 Å². The van der Waals surface area contributed by atoms with Crippen LogP contribution >= 0.6 is 0 Å². The predicted molar refractivity (Wildman–Crippen MR) is 105 cm³/mol. The predicted octanol–water partition coefficient (Wildman–Crippen LogP) is 4.63. The molecular weight excluding hydrogens is 320 g/mol. The van der Waals surface area contributed by atoms with E-state index >= 15 is 0 Å². The average Bonchev–Trinajstić information content (AvgIpc) is 3.09. The number of aromatic nitrogens is 2. The van der Waals surface area contributed by atoms with Crippen LogP contribution in [0.3, 0.4) is 0 Å². The first-order valence-corrected chi connectivity index (χ1v) is 9.07. The molecule has 4 heteroatoms. The summed E-state index contributed by atoms with van der Waals surface area (Å²) in [5.74, 6) is 0. The molecule has 0 saturated heterocycles. The van der Waals surface area contributed by atoms with Crippen LogP contribution in [-0.4, -0.2) is 16.3 Å². The van der Waals surface area contributed by atoms with E-state index in [9.17, 15) is 0 Å². The molecule has 0 atom stereocenters. The van der Waals surface area contributed by atoms with Gasteiger partial charge in [0.05, 0.1) is 17.5 Å². The van der Waals surface area contributed by atoms with Gasteiger partial charge >= 0.3 is 0 Å². The Balaban J connectivity index is 1.83. The summed E-state index contributed by atoms with van der Waals surface area (Å²) in [4.78, 5) is 0. The SMILES string of the molecule is Cc1ccccc1-c1nn(-c2ccccc2)cc1CNCCCCC#N. The molecule has 1 heterocycles. The van der Waals surface area contributed by atoms with E-state index in [0.717, 1.165) is 37.3 Å². The summed E-state index contributed by atoms with van der Waals surface area (Å²) in [5.41, 5.74) is 5.66. The number of nitrogens with zero attached hydrogens (tertiary/aromatic N) is 3. The second-order valence-electron chi connectivity index (χ2n) is 6.39. The Morgan fingerprint density at radius 1 is 1.04 bits per heavy atom.